The smallest absolute Gasteiger partial charge is 0.331 e. The zero-order chi connectivity index (χ0) is 25.4. The summed E-state index contributed by atoms with van der Waals surface area (Å²) >= 11 is 0. The minimum Gasteiger partial charge on any atom is -0.331 e. The van der Waals surface area contributed by atoms with Crippen LogP contribution in [0.15, 0.2) is 72.3 Å². The third kappa shape index (κ3) is 7.54. The van der Waals surface area contributed by atoms with E-state index in [1.807, 2.05) is 56.6 Å². The van der Waals surface area contributed by atoms with E-state index in [0.717, 1.165) is 23.2 Å². The first-order valence-electron chi connectivity index (χ1n) is 11.0. The van der Waals surface area contributed by atoms with Crippen LogP contribution < -0.4 is 27.1 Å². The molecule has 0 atom stereocenters. The first-order chi connectivity index (χ1) is 16.7. The fraction of sp³-hybridized carbons (Fsp3) is 0.200. The Kier molecular flexibility index (Phi) is 8.36. The first-order valence-corrected chi connectivity index (χ1v) is 11.0. The van der Waals surface area contributed by atoms with Gasteiger partial charge >= 0.3 is 12.0 Å². The summed E-state index contributed by atoms with van der Waals surface area (Å²) in [6, 6.07) is 14.4. The molecule has 3 rings (SSSR count). The van der Waals surface area contributed by atoms with Gasteiger partial charge in [-0.3, -0.25) is 10.1 Å². The van der Waals surface area contributed by atoms with Crippen molar-refractivity contribution in [3.63, 3.8) is 0 Å². The molecule has 0 saturated carbocycles. The van der Waals surface area contributed by atoms with Gasteiger partial charge in [0.05, 0.1) is 0 Å². The number of nitrogens with one attached hydrogen (secondary N) is 3. The predicted molar refractivity (Wildman–Crippen MR) is 139 cm³/mol. The van der Waals surface area contributed by atoms with E-state index < -0.39 is 6.03 Å². The molecule has 1 heterocycles. The van der Waals surface area contributed by atoms with E-state index in [0.29, 0.717) is 24.5 Å². The van der Waals surface area contributed by atoms with Crippen LogP contribution in [0.5, 0.6) is 0 Å². The minimum atomic E-state index is -0.536. The van der Waals surface area contributed by atoms with Crippen LogP contribution in [0.25, 0.3) is 5.57 Å². The van der Waals surface area contributed by atoms with Crippen LogP contribution in [0.3, 0.4) is 0 Å². The second-order valence-electron chi connectivity index (χ2n) is 8.25. The number of benzene rings is 2. The van der Waals surface area contributed by atoms with Gasteiger partial charge in [-0.05, 0) is 61.1 Å². The number of guanidine groups is 2. The molecule has 3 amide bonds. The monoisotopic (exact) mass is 475 g/mol. The van der Waals surface area contributed by atoms with Crippen molar-refractivity contribution in [2.24, 2.45) is 16.5 Å². The van der Waals surface area contributed by atoms with Crippen molar-refractivity contribution in [1.29, 1.82) is 0 Å². The highest BCUT2D eigenvalue weighted by Gasteiger charge is 2.18. The van der Waals surface area contributed by atoms with E-state index in [4.69, 9.17) is 11.5 Å². The van der Waals surface area contributed by atoms with Crippen LogP contribution in [-0.2, 0) is 11.3 Å². The summed E-state index contributed by atoms with van der Waals surface area (Å²) in [6.45, 7) is 5.42. The molecule has 10 nitrogen and oxygen atoms in total. The molecule has 0 bridgehead atoms. The van der Waals surface area contributed by atoms with E-state index in [-0.39, 0.29) is 17.8 Å². The molecule has 10 heteroatoms. The number of carbonyl (C=O) groups is 2. The van der Waals surface area contributed by atoms with E-state index in [2.05, 4.69) is 32.1 Å². The van der Waals surface area contributed by atoms with Crippen molar-refractivity contribution < 1.29 is 14.6 Å². The molecular weight excluding hydrogens is 444 g/mol. The molecule has 182 valence electrons. The van der Waals surface area contributed by atoms with Gasteiger partial charge in [0.2, 0.25) is 5.91 Å². The van der Waals surface area contributed by atoms with E-state index in [1.54, 1.807) is 17.0 Å². The number of urea groups is 1. The predicted octanol–water partition coefficient (Wildman–Crippen LogP) is 0.323. The van der Waals surface area contributed by atoms with Crippen LogP contribution in [0, 0.1) is 0 Å². The van der Waals surface area contributed by atoms with Crippen molar-refractivity contribution in [2.45, 2.75) is 6.54 Å². The maximum atomic E-state index is 12.3. The fourth-order valence-corrected chi connectivity index (χ4v) is 3.49. The van der Waals surface area contributed by atoms with Gasteiger partial charge in [-0.1, -0.05) is 36.9 Å². The highest BCUT2D eigenvalue weighted by Crippen LogP contribution is 2.22. The molecule has 0 fully saturated rings. The number of hydrogen-bond acceptors (Lipinski definition) is 4. The summed E-state index contributed by atoms with van der Waals surface area (Å²) in [4.78, 5) is 34.7. The Labute approximate surface area is 204 Å². The molecule has 35 heavy (non-hydrogen) atoms. The molecule has 1 aliphatic heterocycles. The summed E-state index contributed by atoms with van der Waals surface area (Å²) < 4.78 is 0. The first kappa shape index (κ1) is 25.2. The Morgan fingerprint density at radius 3 is 2.46 bits per heavy atom. The lowest BCUT2D eigenvalue weighted by Crippen LogP contribution is -2.85. The van der Waals surface area contributed by atoms with Gasteiger partial charge in [0.15, 0.2) is 0 Å². The average Bonchev–Trinajstić information content (AvgIpc) is 3.30. The van der Waals surface area contributed by atoms with Crippen LogP contribution in [0.4, 0.5) is 16.2 Å². The summed E-state index contributed by atoms with van der Waals surface area (Å²) in [5, 5.41) is 5.17. The summed E-state index contributed by atoms with van der Waals surface area (Å²) in [5.74, 6) is -0.119. The van der Waals surface area contributed by atoms with Gasteiger partial charge in [0, 0.05) is 25.3 Å². The lowest BCUT2D eigenvalue weighted by Gasteiger charge is -2.14. The number of anilines is 1. The zero-order valence-electron chi connectivity index (χ0n) is 19.9. The summed E-state index contributed by atoms with van der Waals surface area (Å²) in [6.07, 6.45) is 3.31. The van der Waals surface area contributed by atoms with Crippen molar-refractivity contribution >= 4 is 40.8 Å². The highest BCUT2D eigenvalue weighted by atomic mass is 16.2. The number of nitrogens with zero attached hydrogens (tertiary/aromatic N) is 3. The topological polar surface area (TPSA) is 143 Å². The van der Waals surface area contributed by atoms with Crippen molar-refractivity contribution in [3.05, 3.63) is 78.4 Å². The zero-order valence-corrected chi connectivity index (χ0v) is 19.9. The maximum absolute atomic E-state index is 12.3. The Morgan fingerprint density at radius 1 is 1.14 bits per heavy atom. The third-order valence-corrected chi connectivity index (χ3v) is 5.11. The van der Waals surface area contributed by atoms with Crippen molar-refractivity contribution in [1.82, 2.24) is 15.1 Å². The van der Waals surface area contributed by atoms with Crippen molar-refractivity contribution in [2.75, 3.05) is 32.5 Å². The fourth-order valence-electron chi connectivity index (χ4n) is 3.49. The lowest BCUT2D eigenvalue weighted by molar-refractivity contribution is -0.321. The number of amides is 3. The standard InChI is InChI=1S/C25H30N8O2/c1-4-22(34)33-14-13-19(16-33)18-7-11-21(12-8-18)29-25(35)31-24(27)30-23(26)28-20-9-5-17(6-10-20)15-32(2)3/h4-13H,1,14-16H2,2-3H3,(H6,26,27,28,29,30,31,35)/p+1. The number of nitrogens with two attached hydrogens (primary N) is 2. The SMILES string of the molecule is C=CC(=O)N1CC=C(c2ccc(NC(=O)N/C(N)=[NH+]\C(N)=Nc3ccc(CN(C)C)cc3)cc2)C1. The number of aliphatic imine (C=N–C) groups is 1. The lowest BCUT2D eigenvalue weighted by atomic mass is 10.1. The second kappa shape index (κ2) is 11.6. The largest absolute Gasteiger partial charge is 0.360 e. The van der Waals surface area contributed by atoms with E-state index in [1.165, 1.54) is 6.08 Å². The van der Waals surface area contributed by atoms with Crippen molar-refractivity contribution in [3.8, 4) is 0 Å². The number of rotatable bonds is 6. The Morgan fingerprint density at radius 2 is 1.83 bits per heavy atom. The van der Waals surface area contributed by atoms with Crippen LogP contribution in [0.2, 0.25) is 0 Å². The highest BCUT2D eigenvalue weighted by molar-refractivity contribution is 6.01. The van der Waals surface area contributed by atoms with Gasteiger partial charge in [0.25, 0.3) is 5.96 Å². The van der Waals surface area contributed by atoms with Crippen LogP contribution >= 0.6 is 0 Å². The molecule has 0 saturated heterocycles. The molecule has 1 aliphatic rings. The number of hydrogen-bond donors (Lipinski definition) is 5. The van der Waals surface area contributed by atoms with Gasteiger partial charge in [-0.25, -0.2) is 15.1 Å². The van der Waals surface area contributed by atoms with E-state index >= 15 is 0 Å². The Balaban J connectivity index is 1.52. The molecule has 2 aromatic carbocycles. The van der Waals surface area contributed by atoms with Crippen LogP contribution in [0.1, 0.15) is 11.1 Å². The molecule has 0 spiro atoms. The molecule has 0 radical (unpaired) electrons. The molecule has 2 aromatic rings. The number of carbonyl (C=O) groups excluding carboxylic acids is 2. The van der Waals surface area contributed by atoms with Gasteiger partial charge in [0.1, 0.15) is 5.69 Å². The summed E-state index contributed by atoms with van der Waals surface area (Å²) in [7, 11) is 4.00. The molecule has 0 unspecified atom stereocenters. The molecule has 0 aliphatic carbocycles. The second-order valence-corrected chi connectivity index (χ2v) is 8.25. The average molecular weight is 476 g/mol. The van der Waals surface area contributed by atoms with E-state index in [9.17, 15) is 9.59 Å². The normalized spacial score (nSPS) is 14.0. The van der Waals surface area contributed by atoms with Gasteiger partial charge in [-0.2, -0.15) is 0 Å². The van der Waals surface area contributed by atoms with Gasteiger partial charge in [-0.15, -0.1) is 4.99 Å². The maximum Gasteiger partial charge on any atom is 0.360 e. The van der Waals surface area contributed by atoms with Gasteiger partial charge < -0.3 is 21.3 Å². The molecular formula is C25H31N8O2+. The Bertz CT molecular complexity index is 1160. The quantitative estimate of drug-likeness (QED) is 0.232. The van der Waals surface area contributed by atoms with Crippen LogP contribution in [-0.4, -0.2) is 60.8 Å². The molecule has 0 aromatic heterocycles. The summed E-state index contributed by atoms with van der Waals surface area (Å²) in [5.41, 5.74) is 16.1. The Hall–Kier alpha value is -4.44. The molecule has 7 N–H and O–H groups in total. The minimum absolute atomic E-state index is 0.0429. The third-order valence-electron chi connectivity index (χ3n) is 5.11.